The molecule has 1 fully saturated rings. The Hall–Kier alpha value is -3.31. The Labute approximate surface area is 202 Å². The fourth-order valence-corrected chi connectivity index (χ4v) is 4.38. The minimum atomic E-state index is -0.782. The summed E-state index contributed by atoms with van der Waals surface area (Å²) >= 11 is 4.10. The summed E-state index contributed by atoms with van der Waals surface area (Å²) in [5, 5.41) is 2.18. The molecule has 0 saturated carbocycles. The lowest BCUT2D eigenvalue weighted by Crippen LogP contribution is -2.36. The number of hydrogen-bond acceptors (Lipinski definition) is 7. The maximum atomic E-state index is 12.4. The molecule has 3 rings (SSSR count). The van der Waals surface area contributed by atoms with Crippen molar-refractivity contribution >= 4 is 62.4 Å². The number of benzene rings is 2. The fraction of sp³-hybridized carbons (Fsp3) is 0.182. The van der Waals surface area contributed by atoms with Crippen LogP contribution in [0.25, 0.3) is 6.08 Å². The molecule has 0 atom stereocenters. The zero-order valence-corrected chi connectivity index (χ0v) is 20.1. The average Bonchev–Trinajstić information content (AvgIpc) is 2.99. The third-order valence-electron chi connectivity index (χ3n) is 4.39. The molecule has 1 heterocycles. The van der Waals surface area contributed by atoms with Gasteiger partial charge in [-0.05, 0) is 76.1 Å². The Balaban J connectivity index is 1.74. The number of anilines is 1. The summed E-state index contributed by atoms with van der Waals surface area (Å²) in [6.07, 6.45) is 1.49. The van der Waals surface area contributed by atoms with E-state index in [4.69, 9.17) is 15.2 Å². The number of imide groups is 1. The van der Waals surface area contributed by atoms with Crippen LogP contribution < -0.4 is 20.5 Å². The minimum Gasteiger partial charge on any atom is -0.493 e. The molecule has 1 aliphatic heterocycles. The molecule has 11 heteroatoms. The van der Waals surface area contributed by atoms with E-state index in [0.717, 1.165) is 10.5 Å². The second kappa shape index (κ2) is 10.5. The number of aryl methyl sites for hydroxylation is 1. The molecule has 172 valence electrons. The van der Waals surface area contributed by atoms with E-state index in [2.05, 4.69) is 21.2 Å². The van der Waals surface area contributed by atoms with E-state index in [1.807, 2.05) is 25.1 Å². The second-order valence-electron chi connectivity index (χ2n) is 6.97. The number of rotatable bonds is 8. The average molecular weight is 534 g/mol. The van der Waals surface area contributed by atoms with Crippen LogP contribution in [0.4, 0.5) is 10.5 Å². The van der Waals surface area contributed by atoms with Gasteiger partial charge in [0.2, 0.25) is 5.91 Å². The summed E-state index contributed by atoms with van der Waals surface area (Å²) in [4.78, 5) is 48.7. The van der Waals surface area contributed by atoms with Gasteiger partial charge in [-0.25, -0.2) is 0 Å². The van der Waals surface area contributed by atoms with Crippen LogP contribution in [0.3, 0.4) is 0 Å². The van der Waals surface area contributed by atoms with Gasteiger partial charge in [-0.15, -0.1) is 0 Å². The molecule has 2 aromatic carbocycles. The van der Waals surface area contributed by atoms with Crippen LogP contribution in [-0.4, -0.2) is 48.1 Å². The summed E-state index contributed by atoms with van der Waals surface area (Å²) in [5.41, 5.74) is 7.31. The van der Waals surface area contributed by atoms with Crippen molar-refractivity contribution in [2.75, 3.05) is 25.6 Å². The van der Waals surface area contributed by atoms with Gasteiger partial charge < -0.3 is 20.5 Å². The van der Waals surface area contributed by atoms with E-state index in [-0.39, 0.29) is 17.4 Å². The van der Waals surface area contributed by atoms with Crippen molar-refractivity contribution in [3.63, 3.8) is 0 Å². The van der Waals surface area contributed by atoms with Crippen molar-refractivity contribution in [1.29, 1.82) is 0 Å². The highest BCUT2D eigenvalue weighted by atomic mass is 79.9. The Kier molecular flexibility index (Phi) is 7.77. The van der Waals surface area contributed by atoms with Crippen molar-refractivity contribution in [1.82, 2.24) is 4.90 Å². The van der Waals surface area contributed by atoms with E-state index in [9.17, 15) is 19.2 Å². The molecule has 33 heavy (non-hydrogen) atoms. The molecule has 0 aliphatic carbocycles. The molecular formula is C22H20BrN3O6S. The van der Waals surface area contributed by atoms with Gasteiger partial charge in [0.25, 0.3) is 17.1 Å². The van der Waals surface area contributed by atoms with Gasteiger partial charge in [0, 0.05) is 5.69 Å². The summed E-state index contributed by atoms with van der Waals surface area (Å²) in [7, 11) is 1.44. The number of carbonyl (C=O) groups excluding carboxylic acids is 4. The monoisotopic (exact) mass is 533 g/mol. The first-order valence-corrected chi connectivity index (χ1v) is 11.2. The van der Waals surface area contributed by atoms with E-state index < -0.39 is 23.6 Å². The van der Waals surface area contributed by atoms with Gasteiger partial charge >= 0.3 is 0 Å². The smallest absolute Gasteiger partial charge is 0.294 e. The molecular weight excluding hydrogens is 514 g/mol. The van der Waals surface area contributed by atoms with Crippen molar-refractivity contribution in [2.45, 2.75) is 6.92 Å². The molecule has 9 nitrogen and oxygen atoms in total. The zero-order chi connectivity index (χ0) is 24.1. The van der Waals surface area contributed by atoms with Crippen molar-refractivity contribution in [3.05, 3.63) is 56.9 Å². The number of thioether (sulfide) groups is 1. The lowest BCUT2D eigenvalue weighted by Gasteiger charge is -2.14. The number of methoxy groups -OCH3 is 1. The van der Waals surface area contributed by atoms with Crippen molar-refractivity contribution in [3.8, 4) is 11.5 Å². The number of nitrogens with zero attached hydrogens (tertiary/aromatic N) is 1. The number of nitrogens with one attached hydrogen (secondary N) is 1. The van der Waals surface area contributed by atoms with Crippen LogP contribution in [0.1, 0.15) is 11.1 Å². The van der Waals surface area contributed by atoms with Gasteiger partial charge in [0.05, 0.1) is 16.5 Å². The molecule has 0 spiro atoms. The Morgan fingerprint density at radius 2 is 2.00 bits per heavy atom. The summed E-state index contributed by atoms with van der Waals surface area (Å²) in [6.45, 7) is 1.19. The van der Waals surface area contributed by atoms with E-state index in [0.29, 0.717) is 39.0 Å². The molecule has 4 amide bonds. The lowest BCUT2D eigenvalue weighted by molar-refractivity contribution is -0.127. The molecule has 0 aromatic heterocycles. The molecule has 3 N–H and O–H groups in total. The molecule has 2 aromatic rings. The molecule has 0 unspecified atom stereocenters. The van der Waals surface area contributed by atoms with Crippen molar-refractivity contribution in [2.24, 2.45) is 5.73 Å². The fourth-order valence-electron chi connectivity index (χ4n) is 2.96. The van der Waals surface area contributed by atoms with Gasteiger partial charge in [-0.1, -0.05) is 12.1 Å². The Morgan fingerprint density at radius 1 is 1.24 bits per heavy atom. The van der Waals surface area contributed by atoms with Crippen LogP contribution in [0, 0.1) is 6.92 Å². The topological polar surface area (TPSA) is 128 Å². The van der Waals surface area contributed by atoms with Crippen molar-refractivity contribution < 1.29 is 28.7 Å². The highest BCUT2D eigenvalue weighted by Gasteiger charge is 2.35. The first kappa shape index (κ1) is 24.3. The number of halogens is 1. The largest absolute Gasteiger partial charge is 0.493 e. The Bertz CT molecular complexity index is 1170. The van der Waals surface area contributed by atoms with Crippen LogP contribution >= 0.6 is 27.7 Å². The minimum absolute atomic E-state index is 0.140. The van der Waals surface area contributed by atoms with E-state index in [1.165, 1.54) is 13.2 Å². The number of amides is 4. The van der Waals surface area contributed by atoms with Gasteiger partial charge in [0.1, 0.15) is 6.54 Å². The second-order valence-corrected chi connectivity index (χ2v) is 8.82. The third kappa shape index (κ3) is 6.14. The van der Waals surface area contributed by atoms with Gasteiger partial charge in [-0.3, -0.25) is 24.1 Å². The maximum Gasteiger partial charge on any atom is 0.294 e. The van der Waals surface area contributed by atoms with Crippen LogP contribution in [0.5, 0.6) is 11.5 Å². The van der Waals surface area contributed by atoms with Crippen LogP contribution in [0.15, 0.2) is 45.8 Å². The molecule has 0 radical (unpaired) electrons. The van der Waals surface area contributed by atoms with Gasteiger partial charge in [0.15, 0.2) is 18.1 Å². The standard InChI is InChI=1S/C22H20BrN3O6S/c1-12-4-3-5-14(6-12)25-19(28)11-32-20-15(23)7-13(8-16(20)31-2)9-17-21(29)26(10-18(24)27)22(30)33-17/h3-9H,10-11H2,1-2H3,(H2,24,27)(H,25,28)/b17-9-. The van der Waals surface area contributed by atoms with E-state index in [1.54, 1.807) is 18.2 Å². The first-order chi connectivity index (χ1) is 15.7. The highest BCUT2D eigenvalue weighted by Crippen LogP contribution is 2.39. The molecule has 1 saturated heterocycles. The van der Waals surface area contributed by atoms with Crippen LogP contribution in [0.2, 0.25) is 0 Å². The molecule has 1 aliphatic rings. The Morgan fingerprint density at radius 3 is 2.67 bits per heavy atom. The zero-order valence-electron chi connectivity index (χ0n) is 17.7. The normalized spacial score (nSPS) is 14.5. The first-order valence-electron chi connectivity index (χ1n) is 9.58. The van der Waals surface area contributed by atoms with Crippen LogP contribution in [-0.2, 0) is 14.4 Å². The highest BCUT2D eigenvalue weighted by molar-refractivity contribution is 9.10. The predicted octanol–water partition coefficient (Wildman–Crippen LogP) is 3.31. The molecule has 0 bridgehead atoms. The number of primary amides is 1. The number of ether oxygens (including phenoxy) is 2. The summed E-state index contributed by atoms with van der Waals surface area (Å²) in [6, 6.07) is 10.6. The number of carbonyl (C=O) groups is 4. The summed E-state index contributed by atoms with van der Waals surface area (Å²) in [5.74, 6) is -1.11. The summed E-state index contributed by atoms with van der Waals surface area (Å²) < 4.78 is 11.5. The number of nitrogens with two attached hydrogens (primary N) is 1. The lowest BCUT2D eigenvalue weighted by atomic mass is 10.2. The predicted molar refractivity (Wildman–Crippen MR) is 128 cm³/mol. The SMILES string of the molecule is COc1cc(/C=C2\SC(=O)N(CC(N)=O)C2=O)cc(Br)c1OCC(=O)Nc1cccc(C)c1. The maximum absolute atomic E-state index is 12.4. The third-order valence-corrected chi connectivity index (χ3v) is 5.88. The quantitative estimate of drug-likeness (QED) is 0.498. The number of hydrogen-bond donors (Lipinski definition) is 2. The van der Waals surface area contributed by atoms with E-state index >= 15 is 0 Å². The van der Waals surface area contributed by atoms with Gasteiger partial charge in [-0.2, -0.15) is 0 Å².